The molecule has 1 fully saturated rings. The Morgan fingerprint density at radius 1 is 1.62 bits per heavy atom. The van der Waals surface area contributed by atoms with Crippen molar-refractivity contribution in [2.45, 2.75) is 31.6 Å². The van der Waals surface area contributed by atoms with Gasteiger partial charge in [-0.3, -0.25) is 0 Å². The van der Waals surface area contributed by atoms with Crippen LogP contribution in [0.2, 0.25) is 5.02 Å². The molecular formula is C10H12Cl2S. The zero-order chi connectivity index (χ0) is 9.47. The smallest absolute Gasteiger partial charge is 0.0545 e. The number of thiophene rings is 1. The SMILES string of the molecule is CC(Cl)C1(Cc2sccc2Cl)CC1. The fourth-order valence-electron chi connectivity index (χ4n) is 1.65. The lowest BCUT2D eigenvalue weighted by Gasteiger charge is -2.16. The van der Waals surface area contributed by atoms with Gasteiger partial charge >= 0.3 is 0 Å². The minimum atomic E-state index is 0.269. The van der Waals surface area contributed by atoms with Gasteiger partial charge in [-0.2, -0.15) is 0 Å². The van der Waals surface area contributed by atoms with Crippen molar-refractivity contribution >= 4 is 34.5 Å². The number of rotatable bonds is 3. The lowest BCUT2D eigenvalue weighted by molar-refractivity contribution is 0.501. The van der Waals surface area contributed by atoms with Crippen LogP contribution in [0.25, 0.3) is 0 Å². The van der Waals surface area contributed by atoms with E-state index < -0.39 is 0 Å². The van der Waals surface area contributed by atoms with Gasteiger partial charge in [-0.25, -0.2) is 0 Å². The Morgan fingerprint density at radius 3 is 2.69 bits per heavy atom. The average molecular weight is 235 g/mol. The molecule has 1 aromatic heterocycles. The van der Waals surface area contributed by atoms with Crippen LogP contribution in [0.1, 0.15) is 24.6 Å². The van der Waals surface area contributed by atoms with Crippen LogP contribution in [0.4, 0.5) is 0 Å². The Kier molecular flexibility index (Phi) is 2.61. The summed E-state index contributed by atoms with van der Waals surface area (Å²) in [6.45, 7) is 2.09. The first-order valence-corrected chi connectivity index (χ1v) is 6.19. The molecule has 0 spiro atoms. The number of hydrogen-bond acceptors (Lipinski definition) is 1. The van der Waals surface area contributed by atoms with Crippen LogP contribution >= 0.6 is 34.5 Å². The van der Waals surface area contributed by atoms with Gasteiger partial charge in [0.1, 0.15) is 0 Å². The van der Waals surface area contributed by atoms with E-state index in [9.17, 15) is 0 Å². The first-order chi connectivity index (χ1) is 6.14. The monoisotopic (exact) mass is 234 g/mol. The molecule has 13 heavy (non-hydrogen) atoms. The molecule has 0 saturated heterocycles. The minimum absolute atomic E-state index is 0.269. The minimum Gasteiger partial charge on any atom is -0.147 e. The van der Waals surface area contributed by atoms with E-state index in [0.29, 0.717) is 5.41 Å². The summed E-state index contributed by atoms with van der Waals surface area (Å²) < 4.78 is 0. The third kappa shape index (κ3) is 1.88. The van der Waals surface area contributed by atoms with Crippen molar-refractivity contribution in [2.24, 2.45) is 5.41 Å². The van der Waals surface area contributed by atoms with E-state index in [-0.39, 0.29) is 5.38 Å². The average Bonchev–Trinajstić information content (AvgIpc) is 2.74. The number of halogens is 2. The fraction of sp³-hybridized carbons (Fsp3) is 0.600. The predicted molar refractivity (Wildman–Crippen MR) is 60.0 cm³/mol. The molecule has 0 aromatic carbocycles. The summed E-state index contributed by atoms with van der Waals surface area (Å²) in [5, 5.41) is 3.23. The van der Waals surface area contributed by atoms with Crippen LogP contribution in [-0.4, -0.2) is 5.38 Å². The lowest BCUT2D eigenvalue weighted by atomic mass is 9.98. The second-order valence-corrected chi connectivity index (χ2v) is 5.91. The Hall–Kier alpha value is 0.280. The van der Waals surface area contributed by atoms with Gasteiger partial charge in [0.2, 0.25) is 0 Å². The normalized spacial score (nSPS) is 21.5. The van der Waals surface area contributed by atoms with Crippen molar-refractivity contribution in [3.8, 4) is 0 Å². The van der Waals surface area contributed by atoms with E-state index >= 15 is 0 Å². The zero-order valence-electron chi connectivity index (χ0n) is 7.52. The third-order valence-corrected chi connectivity index (χ3v) is 4.79. The predicted octanol–water partition coefficient (Wildman–Crippen LogP) is 4.35. The van der Waals surface area contributed by atoms with Crippen molar-refractivity contribution in [1.29, 1.82) is 0 Å². The van der Waals surface area contributed by atoms with E-state index in [2.05, 4.69) is 6.92 Å². The van der Waals surface area contributed by atoms with E-state index in [0.717, 1.165) is 11.4 Å². The molecule has 0 radical (unpaired) electrons. The van der Waals surface area contributed by atoms with Crippen LogP contribution in [0.3, 0.4) is 0 Å². The molecular weight excluding hydrogens is 223 g/mol. The van der Waals surface area contributed by atoms with Crippen LogP contribution in [0.15, 0.2) is 11.4 Å². The summed E-state index contributed by atoms with van der Waals surface area (Å²) in [6, 6.07) is 1.97. The van der Waals surface area contributed by atoms with Gasteiger partial charge in [0, 0.05) is 10.3 Å². The Labute approximate surface area is 92.9 Å². The van der Waals surface area contributed by atoms with Gasteiger partial charge in [-0.1, -0.05) is 11.6 Å². The van der Waals surface area contributed by atoms with Gasteiger partial charge in [0.05, 0.1) is 5.02 Å². The second kappa shape index (κ2) is 3.45. The molecule has 0 bridgehead atoms. The van der Waals surface area contributed by atoms with Gasteiger partial charge in [0.25, 0.3) is 0 Å². The quantitative estimate of drug-likeness (QED) is 0.683. The summed E-state index contributed by atoms with van der Waals surface area (Å²) in [6.07, 6.45) is 3.58. The molecule has 3 heteroatoms. The van der Waals surface area contributed by atoms with Crippen molar-refractivity contribution in [3.05, 3.63) is 21.3 Å². The summed E-state index contributed by atoms with van der Waals surface area (Å²) in [4.78, 5) is 1.30. The highest BCUT2D eigenvalue weighted by atomic mass is 35.5. The van der Waals surface area contributed by atoms with E-state index in [1.54, 1.807) is 11.3 Å². The third-order valence-electron chi connectivity index (χ3n) is 2.94. The molecule has 1 heterocycles. The maximum Gasteiger partial charge on any atom is 0.0545 e. The van der Waals surface area contributed by atoms with Crippen LogP contribution < -0.4 is 0 Å². The highest BCUT2D eigenvalue weighted by Crippen LogP contribution is 2.54. The van der Waals surface area contributed by atoms with E-state index in [1.807, 2.05) is 11.4 Å². The molecule has 1 unspecified atom stereocenters. The Balaban J connectivity index is 2.10. The van der Waals surface area contributed by atoms with Crippen LogP contribution in [0.5, 0.6) is 0 Å². The van der Waals surface area contributed by atoms with Crippen molar-refractivity contribution in [1.82, 2.24) is 0 Å². The standard InChI is InChI=1S/C10H12Cl2S/c1-7(11)10(3-4-10)6-9-8(12)2-5-13-9/h2,5,7H,3-4,6H2,1H3. The number of alkyl halides is 1. The van der Waals surface area contributed by atoms with Gasteiger partial charge in [-0.05, 0) is 43.0 Å². The highest BCUT2D eigenvalue weighted by Gasteiger charge is 2.46. The molecule has 1 aliphatic carbocycles. The molecule has 2 rings (SSSR count). The van der Waals surface area contributed by atoms with E-state index in [4.69, 9.17) is 23.2 Å². The molecule has 0 aliphatic heterocycles. The second-order valence-electron chi connectivity index (χ2n) is 3.85. The number of hydrogen-bond donors (Lipinski definition) is 0. The molecule has 1 atom stereocenters. The molecule has 0 amide bonds. The summed E-state index contributed by atoms with van der Waals surface area (Å²) in [7, 11) is 0. The van der Waals surface area contributed by atoms with Crippen LogP contribution in [0, 0.1) is 5.41 Å². The van der Waals surface area contributed by atoms with Gasteiger partial charge in [-0.15, -0.1) is 22.9 Å². The van der Waals surface area contributed by atoms with Crippen molar-refractivity contribution in [2.75, 3.05) is 0 Å². The Morgan fingerprint density at radius 2 is 2.31 bits per heavy atom. The summed E-state index contributed by atoms with van der Waals surface area (Å²) in [5.41, 5.74) is 0.357. The first-order valence-electron chi connectivity index (χ1n) is 4.50. The zero-order valence-corrected chi connectivity index (χ0v) is 9.85. The largest absolute Gasteiger partial charge is 0.147 e. The Bertz CT molecular complexity index is 300. The molecule has 0 N–H and O–H groups in total. The lowest BCUT2D eigenvalue weighted by Crippen LogP contribution is -2.15. The molecule has 1 aromatic rings. The molecule has 1 aliphatic rings. The van der Waals surface area contributed by atoms with Gasteiger partial charge < -0.3 is 0 Å². The van der Waals surface area contributed by atoms with Crippen LogP contribution in [-0.2, 0) is 6.42 Å². The molecule has 0 nitrogen and oxygen atoms in total. The van der Waals surface area contributed by atoms with Crippen molar-refractivity contribution < 1.29 is 0 Å². The summed E-state index contributed by atoms with van der Waals surface area (Å²) >= 11 is 14.0. The van der Waals surface area contributed by atoms with E-state index in [1.165, 1.54) is 17.7 Å². The van der Waals surface area contributed by atoms with Crippen molar-refractivity contribution in [3.63, 3.8) is 0 Å². The fourth-order valence-corrected chi connectivity index (χ4v) is 3.20. The maximum atomic E-state index is 6.16. The molecule has 1 saturated carbocycles. The first kappa shape index (κ1) is 9.82. The molecule has 72 valence electrons. The van der Waals surface area contributed by atoms with Gasteiger partial charge in [0.15, 0.2) is 0 Å². The maximum absolute atomic E-state index is 6.16. The topological polar surface area (TPSA) is 0 Å². The summed E-state index contributed by atoms with van der Waals surface area (Å²) in [5.74, 6) is 0. The highest BCUT2D eigenvalue weighted by molar-refractivity contribution is 7.10.